The molecule has 1 aromatic heterocycles. The van der Waals surface area contributed by atoms with E-state index in [1.807, 2.05) is 84.9 Å². The predicted molar refractivity (Wildman–Crippen MR) is 128 cm³/mol. The predicted octanol–water partition coefficient (Wildman–Crippen LogP) is 6.73. The lowest BCUT2D eigenvalue weighted by atomic mass is 9.99. The highest BCUT2D eigenvalue weighted by Gasteiger charge is 2.12. The van der Waals surface area contributed by atoms with Gasteiger partial charge in [-0.3, -0.25) is 0 Å². The molecular weight excluding hydrogens is 378 g/mol. The third kappa shape index (κ3) is 4.07. The second-order valence-electron chi connectivity index (χ2n) is 7.40. The molecule has 5 rings (SSSR count). The Labute approximate surface area is 181 Å². The number of rotatable bonds is 4. The van der Waals surface area contributed by atoms with Gasteiger partial charge in [-0.25, -0.2) is 9.97 Å². The fourth-order valence-corrected chi connectivity index (χ4v) is 3.67. The molecule has 0 saturated heterocycles. The van der Waals surface area contributed by atoms with Gasteiger partial charge in [-0.15, -0.1) is 0 Å². The first-order valence-corrected chi connectivity index (χ1v) is 10.2. The van der Waals surface area contributed by atoms with Crippen LogP contribution in [0.5, 0.6) is 0 Å². The van der Waals surface area contributed by atoms with E-state index in [-0.39, 0.29) is 0 Å². The first-order valence-electron chi connectivity index (χ1n) is 10.2. The zero-order valence-corrected chi connectivity index (χ0v) is 16.9. The summed E-state index contributed by atoms with van der Waals surface area (Å²) in [5.74, 6) is 0.695. The Morgan fingerprint density at radius 3 is 1.52 bits per heavy atom. The van der Waals surface area contributed by atoms with Gasteiger partial charge in [0.1, 0.15) is 0 Å². The molecule has 0 aliphatic heterocycles. The number of benzene rings is 4. The molecule has 0 unspecified atom stereocenters. The van der Waals surface area contributed by atoms with E-state index in [1.165, 1.54) is 0 Å². The van der Waals surface area contributed by atoms with Crippen molar-refractivity contribution in [1.29, 1.82) is 0 Å². The standard InChI is InChI=1S/C28H21N3/c29-25-17-23(20-10-4-1-5-11-20)16-24(18-25)27-19-26(21-12-6-2-7-13-21)30-28(31-27)22-14-8-3-9-15-22/h1-19H,29H2. The summed E-state index contributed by atoms with van der Waals surface area (Å²) in [4.78, 5) is 9.77. The van der Waals surface area contributed by atoms with E-state index < -0.39 is 0 Å². The summed E-state index contributed by atoms with van der Waals surface area (Å²) >= 11 is 0. The van der Waals surface area contributed by atoms with Gasteiger partial charge in [0.15, 0.2) is 5.82 Å². The Hall–Kier alpha value is -4.24. The summed E-state index contributed by atoms with van der Waals surface area (Å²) in [5, 5.41) is 0. The number of hydrogen-bond acceptors (Lipinski definition) is 3. The molecular formula is C28H21N3. The summed E-state index contributed by atoms with van der Waals surface area (Å²) < 4.78 is 0. The minimum absolute atomic E-state index is 0.695. The molecule has 148 valence electrons. The Morgan fingerprint density at radius 1 is 0.419 bits per heavy atom. The lowest BCUT2D eigenvalue weighted by Crippen LogP contribution is -1.97. The Kier molecular flexibility index (Phi) is 4.99. The van der Waals surface area contributed by atoms with Crippen LogP contribution in [0.15, 0.2) is 115 Å². The number of nitrogens with zero attached hydrogens (tertiary/aromatic N) is 2. The van der Waals surface area contributed by atoms with E-state index in [2.05, 4.69) is 30.3 Å². The maximum atomic E-state index is 6.29. The van der Waals surface area contributed by atoms with Crippen molar-refractivity contribution < 1.29 is 0 Å². The Balaban J connectivity index is 1.70. The van der Waals surface area contributed by atoms with Gasteiger partial charge in [0, 0.05) is 22.4 Å². The van der Waals surface area contributed by atoms with Crippen molar-refractivity contribution in [2.75, 3.05) is 5.73 Å². The van der Waals surface area contributed by atoms with Crippen LogP contribution in [0.2, 0.25) is 0 Å². The molecule has 31 heavy (non-hydrogen) atoms. The highest BCUT2D eigenvalue weighted by atomic mass is 14.9. The maximum Gasteiger partial charge on any atom is 0.160 e. The summed E-state index contributed by atoms with van der Waals surface area (Å²) in [7, 11) is 0. The molecule has 3 heteroatoms. The van der Waals surface area contributed by atoms with Crippen LogP contribution < -0.4 is 5.73 Å². The van der Waals surface area contributed by atoms with Gasteiger partial charge in [0.25, 0.3) is 0 Å². The van der Waals surface area contributed by atoms with Crippen molar-refractivity contribution in [2.24, 2.45) is 0 Å². The van der Waals surface area contributed by atoms with Crippen molar-refractivity contribution in [3.63, 3.8) is 0 Å². The van der Waals surface area contributed by atoms with Crippen molar-refractivity contribution in [2.45, 2.75) is 0 Å². The normalized spacial score (nSPS) is 10.7. The molecule has 0 aliphatic rings. The molecule has 0 amide bonds. The number of nitrogens with two attached hydrogens (primary N) is 1. The zero-order valence-electron chi connectivity index (χ0n) is 16.9. The average molecular weight is 399 g/mol. The van der Waals surface area contributed by atoms with Crippen LogP contribution in [-0.2, 0) is 0 Å². The third-order valence-corrected chi connectivity index (χ3v) is 5.19. The molecule has 0 saturated carbocycles. The Bertz CT molecular complexity index is 1260. The molecule has 2 N–H and O–H groups in total. The lowest BCUT2D eigenvalue weighted by Gasteiger charge is -2.11. The Morgan fingerprint density at radius 2 is 0.903 bits per heavy atom. The van der Waals surface area contributed by atoms with E-state index in [0.717, 1.165) is 39.2 Å². The van der Waals surface area contributed by atoms with Crippen LogP contribution in [0.1, 0.15) is 0 Å². The van der Waals surface area contributed by atoms with Crippen molar-refractivity contribution >= 4 is 5.69 Å². The number of aromatic nitrogens is 2. The van der Waals surface area contributed by atoms with Crippen LogP contribution in [0.3, 0.4) is 0 Å². The summed E-state index contributed by atoms with van der Waals surface area (Å²) in [6.07, 6.45) is 0. The van der Waals surface area contributed by atoms with Crippen molar-refractivity contribution in [3.8, 4) is 45.0 Å². The van der Waals surface area contributed by atoms with E-state index in [1.54, 1.807) is 0 Å². The molecule has 0 atom stereocenters. The molecule has 1 heterocycles. The highest BCUT2D eigenvalue weighted by Crippen LogP contribution is 2.31. The number of hydrogen-bond donors (Lipinski definition) is 1. The molecule has 0 aliphatic carbocycles. The molecule has 0 spiro atoms. The molecule has 3 nitrogen and oxygen atoms in total. The van der Waals surface area contributed by atoms with E-state index in [9.17, 15) is 0 Å². The zero-order chi connectivity index (χ0) is 21.0. The van der Waals surface area contributed by atoms with Gasteiger partial charge in [0.05, 0.1) is 11.4 Å². The monoisotopic (exact) mass is 399 g/mol. The quantitative estimate of drug-likeness (QED) is 0.341. The minimum atomic E-state index is 0.695. The minimum Gasteiger partial charge on any atom is -0.399 e. The van der Waals surface area contributed by atoms with Crippen LogP contribution in [0.25, 0.3) is 45.0 Å². The average Bonchev–Trinajstić information content (AvgIpc) is 2.85. The first kappa shape index (κ1) is 18.8. The molecule has 0 bridgehead atoms. The van der Waals surface area contributed by atoms with Crippen LogP contribution in [0.4, 0.5) is 5.69 Å². The number of anilines is 1. The second-order valence-corrected chi connectivity index (χ2v) is 7.40. The van der Waals surface area contributed by atoms with Gasteiger partial charge in [-0.2, -0.15) is 0 Å². The van der Waals surface area contributed by atoms with Gasteiger partial charge in [-0.05, 0) is 35.4 Å². The van der Waals surface area contributed by atoms with Crippen LogP contribution in [-0.4, -0.2) is 9.97 Å². The summed E-state index contributed by atoms with van der Waals surface area (Å²) in [5.41, 5.74) is 13.9. The van der Waals surface area contributed by atoms with Crippen LogP contribution >= 0.6 is 0 Å². The number of nitrogen functional groups attached to an aromatic ring is 1. The topological polar surface area (TPSA) is 51.8 Å². The maximum absolute atomic E-state index is 6.29. The summed E-state index contributed by atoms with van der Waals surface area (Å²) in [6.45, 7) is 0. The second kappa shape index (κ2) is 8.25. The smallest absolute Gasteiger partial charge is 0.160 e. The molecule has 4 aromatic carbocycles. The third-order valence-electron chi connectivity index (χ3n) is 5.19. The van der Waals surface area contributed by atoms with Gasteiger partial charge in [0.2, 0.25) is 0 Å². The lowest BCUT2D eigenvalue weighted by molar-refractivity contribution is 1.18. The first-order chi connectivity index (χ1) is 15.3. The van der Waals surface area contributed by atoms with E-state index >= 15 is 0 Å². The molecule has 0 radical (unpaired) electrons. The highest BCUT2D eigenvalue weighted by molar-refractivity contribution is 5.78. The molecule has 0 fully saturated rings. The van der Waals surface area contributed by atoms with Crippen molar-refractivity contribution in [1.82, 2.24) is 9.97 Å². The van der Waals surface area contributed by atoms with E-state index in [4.69, 9.17) is 15.7 Å². The van der Waals surface area contributed by atoms with Gasteiger partial charge in [-0.1, -0.05) is 91.0 Å². The van der Waals surface area contributed by atoms with E-state index in [0.29, 0.717) is 11.5 Å². The fraction of sp³-hybridized carbons (Fsp3) is 0. The summed E-state index contributed by atoms with van der Waals surface area (Å²) in [6, 6.07) is 38.6. The van der Waals surface area contributed by atoms with Gasteiger partial charge < -0.3 is 5.73 Å². The largest absolute Gasteiger partial charge is 0.399 e. The van der Waals surface area contributed by atoms with Crippen LogP contribution in [0, 0.1) is 0 Å². The fourth-order valence-electron chi connectivity index (χ4n) is 3.67. The SMILES string of the molecule is Nc1cc(-c2ccccc2)cc(-c2cc(-c3ccccc3)nc(-c3ccccc3)n2)c1. The molecule has 5 aromatic rings. The van der Waals surface area contributed by atoms with Crippen molar-refractivity contribution in [3.05, 3.63) is 115 Å². The van der Waals surface area contributed by atoms with Gasteiger partial charge >= 0.3 is 0 Å².